The van der Waals surface area contributed by atoms with E-state index in [0.717, 1.165) is 6.42 Å². The van der Waals surface area contributed by atoms with Crippen molar-refractivity contribution in [2.75, 3.05) is 6.61 Å². The molecule has 0 bridgehead atoms. The molecule has 1 atom stereocenters. The number of rotatable bonds is 4. The molecule has 0 saturated heterocycles. The predicted octanol–water partition coefficient (Wildman–Crippen LogP) is 1.53. The van der Waals surface area contributed by atoms with Gasteiger partial charge < -0.3 is 10.1 Å². The largest absolute Gasteiger partial charge is 0.484 e. The molecule has 1 unspecified atom stereocenters. The molecule has 1 amide bonds. The Labute approximate surface area is 110 Å². The van der Waals surface area contributed by atoms with Crippen LogP contribution in [0.2, 0.25) is 0 Å². The first-order valence-corrected chi connectivity index (χ1v) is 6.63. The summed E-state index contributed by atoms with van der Waals surface area (Å²) in [6.07, 6.45) is 0.952. The summed E-state index contributed by atoms with van der Waals surface area (Å²) in [6.45, 7) is 2.05. The predicted molar refractivity (Wildman–Crippen MR) is 72.3 cm³/mol. The summed E-state index contributed by atoms with van der Waals surface area (Å²) in [5.74, 6) is 0.474. The van der Waals surface area contributed by atoms with Crippen molar-refractivity contribution in [3.8, 4) is 5.75 Å². The van der Waals surface area contributed by atoms with Gasteiger partial charge in [-0.15, -0.1) is 0 Å². The van der Waals surface area contributed by atoms with Crippen molar-refractivity contribution in [3.05, 3.63) is 30.3 Å². The van der Waals surface area contributed by atoms with Gasteiger partial charge >= 0.3 is 0 Å². The van der Waals surface area contributed by atoms with Crippen LogP contribution in [0.4, 0.5) is 0 Å². The van der Waals surface area contributed by atoms with E-state index >= 15 is 0 Å². The molecule has 1 heterocycles. The van der Waals surface area contributed by atoms with Gasteiger partial charge in [0.05, 0.1) is 5.37 Å². The molecule has 1 aromatic rings. The van der Waals surface area contributed by atoms with E-state index < -0.39 is 0 Å². The molecule has 96 valence electrons. The molecule has 2 rings (SSSR count). The number of nitrogens with one attached hydrogen (secondary N) is 2. The number of hydrogen-bond acceptors (Lipinski definition) is 5. The van der Waals surface area contributed by atoms with Crippen LogP contribution in [0.5, 0.6) is 5.75 Å². The van der Waals surface area contributed by atoms with Crippen LogP contribution < -0.4 is 15.5 Å². The number of nitrogens with zero attached hydrogens (tertiary/aromatic N) is 1. The van der Waals surface area contributed by atoms with Crippen molar-refractivity contribution in [2.45, 2.75) is 18.7 Å². The van der Waals surface area contributed by atoms with E-state index in [2.05, 4.69) is 22.8 Å². The van der Waals surface area contributed by atoms with Crippen LogP contribution in [0.25, 0.3) is 0 Å². The van der Waals surface area contributed by atoms with E-state index in [0.29, 0.717) is 10.9 Å². The highest BCUT2D eigenvalue weighted by atomic mass is 32.2. The molecule has 2 N–H and O–H groups in total. The Morgan fingerprint density at radius 2 is 2.28 bits per heavy atom. The minimum atomic E-state index is -0.205. The van der Waals surface area contributed by atoms with Gasteiger partial charge in [-0.1, -0.05) is 36.9 Å². The van der Waals surface area contributed by atoms with Crippen LogP contribution >= 0.6 is 11.8 Å². The van der Waals surface area contributed by atoms with E-state index in [4.69, 9.17) is 4.74 Å². The lowest BCUT2D eigenvalue weighted by atomic mass is 10.3. The average molecular weight is 265 g/mol. The molecule has 0 saturated carbocycles. The summed E-state index contributed by atoms with van der Waals surface area (Å²) >= 11 is 1.51. The number of para-hydroxylation sites is 1. The summed E-state index contributed by atoms with van der Waals surface area (Å²) in [4.78, 5) is 11.6. The van der Waals surface area contributed by atoms with Gasteiger partial charge in [-0.3, -0.25) is 10.2 Å². The molecule has 5 nitrogen and oxygen atoms in total. The number of thioether (sulfide) groups is 1. The van der Waals surface area contributed by atoms with Crippen molar-refractivity contribution in [1.82, 2.24) is 10.7 Å². The minimum absolute atomic E-state index is 0.0135. The van der Waals surface area contributed by atoms with Crippen LogP contribution in [0.1, 0.15) is 13.3 Å². The lowest BCUT2D eigenvalue weighted by Gasteiger charge is -2.07. The zero-order valence-corrected chi connectivity index (χ0v) is 10.9. The van der Waals surface area contributed by atoms with E-state index in [1.165, 1.54) is 11.8 Å². The monoisotopic (exact) mass is 265 g/mol. The third-order valence-corrected chi connectivity index (χ3v) is 3.43. The van der Waals surface area contributed by atoms with Gasteiger partial charge in [-0.25, -0.2) is 0 Å². The normalized spacial score (nSPS) is 17.8. The highest BCUT2D eigenvalue weighted by Crippen LogP contribution is 2.17. The quantitative estimate of drug-likeness (QED) is 0.866. The Kier molecular flexibility index (Phi) is 4.46. The number of amides is 1. The summed E-state index contributed by atoms with van der Waals surface area (Å²) in [7, 11) is 0. The third kappa shape index (κ3) is 3.66. The smallest absolute Gasteiger partial charge is 0.263 e. The maximum atomic E-state index is 11.6. The van der Waals surface area contributed by atoms with Gasteiger partial charge in [-0.05, 0) is 18.6 Å². The molecule has 0 spiro atoms. The maximum absolute atomic E-state index is 11.6. The highest BCUT2D eigenvalue weighted by Gasteiger charge is 2.18. The summed E-state index contributed by atoms with van der Waals surface area (Å²) in [5.41, 5.74) is 2.93. The summed E-state index contributed by atoms with van der Waals surface area (Å²) in [6, 6.07) is 9.24. The number of amidine groups is 1. The van der Waals surface area contributed by atoms with Crippen LogP contribution in [0, 0.1) is 0 Å². The van der Waals surface area contributed by atoms with E-state index in [9.17, 15) is 4.79 Å². The van der Waals surface area contributed by atoms with Crippen LogP contribution in [0.15, 0.2) is 35.4 Å². The van der Waals surface area contributed by atoms with Crippen molar-refractivity contribution >= 4 is 22.8 Å². The van der Waals surface area contributed by atoms with Gasteiger partial charge in [0, 0.05) is 0 Å². The SMILES string of the molecule is CCC1NN=C(NC(=O)COc2ccccc2)S1. The number of benzene rings is 1. The minimum Gasteiger partial charge on any atom is -0.484 e. The van der Waals surface area contributed by atoms with Gasteiger partial charge in [-0.2, -0.15) is 5.10 Å². The zero-order chi connectivity index (χ0) is 12.8. The molecule has 0 fully saturated rings. The fourth-order valence-corrected chi connectivity index (χ4v) is 2.19. The van der Waals surface area contributed by atoms with E-state index in [1.54, 1.807) is 0 Å². The average Bonchev–Trinajstić information content (AvgIpc) is 2.85. The second kappa shape index (κ2) is 6.30. The summed E-state index contributed by atoms with van der Waals surface area (Å²) < 4.78 is 5.33. The third-order valence-electron chi connectivity index (χ3n) is 2.29. The zero-order valence-electron chi connectivity index (χ0n) is 10.1. The number of hydrogen-bond donors (Lipinski definition) is 2. The maximum Gasteiger partial charge on any atom is 0.263 e. The Hall–Kier alpha value is -1.69. The first kappa shape index (κ1) is 12.8. The molecule has 0 radical (unpaired) electrons. The van der Waals surface area contributed by atoms with Crippen molar-refractivity contribution in [1.29, 1.82) is 0 Å². The number of ether oxygens (including phenoxy) is 1. The molecule has 0 aromatic heterocycles. The lowest BCUT2D eigenvalue weighted by Crippen LogP contribution is -2.32. The van der Waals surface area contributed by atoms with Gasteiger partial charge in [0.15, 0.2) is 11.8 Å². The van der Waals surface area contributed by atoms with E-state index in [-0.39, 0.29) is 17.9 Å². The second-order valence-electron chi connectivity index (χ2n) is 3.71. The van der Waals surface area contributed by atoms with Crippen molar-refractivity contribution < 1.29 is 9.53 Å². The standard InChI is InChI=1S/C12H15N3O2S/c1-2-11-14-15-12(18-11)13-10(16)8-17-9-6-4-3-5-7-9/h3-7,11,14H,2,8H2,1H3,(H,13,15,16). The Morgan fingerprint density at radius 3 is 2.94 bits per heavy atom. The van der Waals surface area contributed by atoms with Crippen LogP contribution in [-0.2, 0) is 4.79 Å². The topological polar surface area (TPSA) is 62.7 Å². The molecule has 0 aliphatic carbocycles. The Bertz CT molecular complexity index is 436. The van der Waals surface area contributed by atoms with Crippen molar-refractivity contribution in [3.63, 3.8) is 0 Å². The van der Waals surface area contributed by atoms with Gasteiger partial charge in [0.2, 0.25) is 0 Å². The fourth-order valence-electron chi connectivity index (χ4n) is 1.37. The molecular formula is C12H15N3O2S. The lowest BCUT2D eigenvalue weighted by molar-refractivity contribution is -0.121. The molecule has 1 aliphatic rings. The molecule has 1 aliphatic heterocycles. The number of hydrazone groups is 1. The molecule has 18 heavy (non-hydrogen) atoms. The van der Waals surface area contributed by atoms with Crippen LogP contribution in [0.3, 0.4) is 0 Å². The van der Waals surface area contributed by atoms with Crippen LogP contribution in [-0.4, -0.2) is 23.1 Å². The van der Waals surface area contributed by atoms with Crippen molar-refractivity contribution in [2.24, 2.45) is 5.10 Å². The van der Waals surface area contributed by atoms with E-state index in [1.807, 2.05) is 30.3 Å². The van der Waals surface area contributed by atoms with Gasteiger partial charge in [0.25, 0.3) is 5.91 Å². The number of carbonyl (C=O) groups is 1. The summed E-state index contributed by atoms with van der Waals surface area (Å²) in [5, 5.41) is 7.57. The fraction of sp³-hybridized carbons (Fsp3) is 0.333. The molecular weight excluding hydrogens is 250 g/mol. The van der Waals surface area contributed by atoms with Gasteiger partial charge in [0.1, 0.15) is 5.75 Å². The Balaban J connectivity index is 1.73. The first-order valence-electron chi connectivity index (χ1n) is 5.75. The first-order chi connectivity index (χ1) is 8.78. The number of carbonyl (C=O) groups excluding carboxylic acids is 1. The second-order valence-corrected chi connectivity index (χ2v) is 4.90. The Morgan fingerprint density at radius 1 is 1.50 bits per heavy atom. The molecule has 6 heteroatoms. The molecule has 1 aromatic carbocycles. The highest BCUT2D eigenvalue weighted by molar-refractivity contribution is 8.14.